The van der Waals surface area contributed by atoms with Crippen molar-refractivity contribution in [1.82, 2.24) is 4.98 Å². The van der Waals surface area contributed by atoms with Crippen LogP contribution in [0.5, 0.6) is 0 Å². The van der Waals surface area contributed by atoms with E-state index in [2.05, 4.69) is 15.6 Å². The Hall–Kier alpha value is -1.99. The van der Waals surface area contributed by atoms with Gasteiger partial charge in [0, 0.05) is 19.2 Å². The molecule has 0 saturated carbocycles. The number of benzene rings is 1. The number of hydrogen-bond acceptors (Lipinski definition) is 5. The summed E-state index contributed by atoms with van der Waals surface area (Å²) in [4.78, 5) is 27.4. The first-order chi connectivity index (χ1) is 10.1. The van der Waals surface area contributed by atoms with Gasteiger partial charge in [-0.2, -0.15) is 0 Å². The highest BCUT2D eigenvalue weighted by atomic mass is 32.1. The number of hydrogen-bond donors (Lipinski definition) is 2. The molecule has 1 aromatic heterocycles. The lowest BCUT2D eigenvalue weighted by Gasteiger charge is -2.08. The molecule has 0 aliphatic carbocycles. The first kappa shape index (κ1) is 14.0. The second-order valence-corrected chi connectivity index (χ2v) is 5.96. The van der Waals surface area contributed by atoms with E-state index in [0.29, 0.717) is 18.3 Å². The molecule has 1 aliphatic heterocycles. The zero-order valence-electron chi connectivity index (χ0n) is 11.5. The molecule has 2 aromatic rings. The van der Waals surface area contributed by atoms with Gasteiger partial charge in [0.2, 0.25) is 11.8 Å². The van der Waals surface area contributed by atoms with Crippen molar-refractivity contribution in [3.63, 3.8) is 0 Å². The van der Waals surface area contributed by atoms with E-state index in [1.807, 2.05) is 18.2 Å². The van der Waals surface area contributed by atoms with Crippen molar-refractivity contribution in [2.24, 2.45) is 5.92 Å². The monoisotopic (exact) mass is 305 g/mol. The number of amides is 2. The van der Waals surface area contributed by atoms with Gasteiger partial charge in [-0.25, -0.2) is 4.98 Å². The van der Waals surface area contributed by atoms with Crippen molar-refractivity contribution in [1.29, 1.82) is 0 Å². The molecule has 7 heteroatoms. The SMILES string of the molecule is CC(=O)Nc1nc2ccc(NC(=O)C3CCOC3)cc2s1. The summed E-state index contributed by atoms with van der Waals surface area (Å²) in [6.45, 7) is 2.58. The molecule has 3 rings (SSSR count). The summed E-state index contributed by atoms with van der Waals surface area (Å²) in [6.07, 6.45) is 0.765. The van der Waals surface area contributed by atoms with E-state index in [1.54, 1.807) is 0 Å². The van der Waals surface area contributed by atoms with Gasteiger partial charge in [0.25, 0.3) is 0 Å². The third kappa shape index (κ3) is 3.20. The minimum atomic E-state index is -0.149. The van der Waals surface area contributed by atoms with Crippen LogP contribution in [0, 0.1) is 5.92 Å². The van der Waals surface area contributed by atoms with E-state index in [9.17, 15) is 9.59 Å². The number of thiazole rings is 1. The first-order valence-corrected chi connectivity index (χ1v) is 7.50. The van der Waals surface area contributed by atoms with Crippen LogP contribution < -0.4 is 10.6 Å². The lowest BCUT2D eigenvalue weighted by molar-refractivity contribution is -0.119. The number of anilines is 2. The average molecular weight is 305 g/mol. The van der Waals surface area contributed by atoms with Gasteiger partial charge < -0.3 is 15.4 Å². The van der Waals surface area contributed by atoms with Gasteiger partial charge in [-0.1, -0.05) is 11.3 Å². The molecule has 1 fully saturated rings. The quantitative estimate of drug-likeness (QED) is 0.911. The maximum Gasteiger partial charge on any atom is 0.229 e. The van der Waals surface area contributed by atoms with Crippen LogP contribution in [0.25, 0.3) is 10.2 Å². The average Bonchev–Trinajstić information content (AvgIpc) is 3.05. The Kier molecular flexibility index (Phi) is 3.85. The van der Waals surface area contributed by atoms with E-state index in [1.165, 1.54) is 18.3 Å². The molecule has 110 valence electrons. The van der Waals surface area contributed by atoms with Crippen LogP contribution in [0.3, 0.4) is 0 Å². The smallest absolute Gasteiger partial charge is 0.229 e. The van der Waals surface area contributed by atoms with Crippen molar-refractivity contribution < 1.29 is 14.3 Å². The van der Waals surface area contributed by atoms with Gasteiger partial charge in [-0.05, 0) is 24.6 Å². The van der Waals surface area contributed by atoms with E-state index < -0.39 is 0 Å². The van der Waals surface area contributed by atoms with Crippen LogP contribution in [-0.4, -0.2) is 30.0 Å². The highest BCUT2D eigenvalue weighted by Gasteiger charge is 2.23. The Balaban J connectivity index is 1.76. The minimum Gasteiger partial charge on any atom is -0.381 e. The number of carbonyl (C=O) groups excluding carboxylic acids is 2. The summed E-state index contributed by atoms with van der Waals surface area (Å²) in [5, 5.41) is 6.12. The molecule has 1 saturated heterocycles. The molecule has 2 N–H and O–H groups in total. The van der Waals surface area contributed by atoms with E-state index in [0.717, 1.165) is 22.3 Å². The van der Waals surface area contributed by atoms with Gasteiger partial charge in [0.15, 0.2) is 5.13 Å². The van der Waals surface area contributed by atoms with Crippen LogP contribution in [0.1, 0.15) is 13.3 Å². The number of aromatic nitrogens is 1. The molecule has 2 heterocycles. The summed E-state index contributed by atoms with van der Waals surface area (Å²) in [7, 11) is 0. The predicted molar refractivity (Wildman–Crippen MR) is 81.5 cm³/mol. The predicted octanol–water partition coefficient (Wildman–Crippen LogP) is 2.23. The maximum atomic E-state index is 12.0. The van der Waals surface area contributed by atoms with Crippen LogP contribution in [-0.2, 0) is 14.3 Å². The molecule has 0 spiro atoms. The van der Waals surface area contributed by atoms with Crippen molar-refractivity contribution in [2.45, 2.75) is 13.3 Å². The van der Waals surface area contributed by atoms with E-state index in [4.69, 9.17) is 4.74 Å². The van der Waals surface area contributed by atoms with Gasteiger partial charge in [0.05, 0.1) is 22.7 Å². The van der Waals surface area contributed by atoms with Crippen LogP contribution >= 0.6 is 11.3 Å². The fourth-order valence-electron chi connectivity index (χ4n) is 2.19. The summed E-state index contributed by atoms with van der Waals surface area (Å²) in [6, 6.07) is 5.51. The summed E-state index contributed by atoms with van der Waals surface area (Å²) in [5.74, 6) is -0.237. The van der Waals surface area contributed by atoms with Crippen molar-refractivity contribution >= 4 is 44.2 Å². The minimum absolute atomic E-state index is 0.0153. The van der Waals surface area contributed by atoms with Crippen LogP contribution in [0.15, 0.2) is 18.2 Å². The van der Waals surface area contributed by atoms with Crippen LogP contribution in [0.2, 0.25) is 0 Å². The molecule has 0 radical (unpaired) electrons. The lowest BCUT2D eigenvalue weighted by Crippen LogP contribution is -2.22. The normalized spacial score (nSPS) is 17.9. The van der Waals surface area contributed by atoms with Crippen molar-refractivity contribution in [2.75, 3.05) is 23.8 Å². The van der Waals surface area contributed by atoms with E-state index in [-0.39, 0.29) is 17.7 Å². The van der Waals surface area contributed by atoms with Gasteiger partial charge in [0.1, 0.15) is 0 Å². The Labute approximate surface area is 125 Å². The lowest BCUT2D eigenvalue weighted by atomic mass is 10.1. The highest BCUT2D eigenvalue weighted by molar-refractivity contribution is 7.22. The van der Waals surface area contributed by atoms with Crippen molar-refractivity contribution in [3.05, 3.63) is 18.2 Å². The third-order valence-corrected chi connectivity index (χ3v) is 4.17. The van der Waals surface area contributed by atoms with E-state index >= 15 is 0 Å². The standard InChI is InChI=1S/C14H15N3O3S/c1-8(18)15-14-17-11-3-2-10(6-12(11)21-14)16-13(19)9-4-5-20-7-9/h2-3,6,9H,4-5,7H2,1H3,(H,16,19)(H,15,17,18). The Bertz CT molecular complexity index is 692. The second-order valence-electron chi connectivity index (χ2n) is 4.93. The Morgan fingerprint density at radius 2 is 2.24 bits per heavy atom. The fraction of sp³-hybridized carbons (Fsp3) is 0.357. The number of fused-ring (bicyclic) bond motifs is 1. The maximum absolute atomic E-state index is 12.0. The zero-order valence-corrected chi connectivity index (χ0v) is 12.3. The molecule has 6 nitrogen and oxygen atoms in total. The van der Waals surface area contributed by atoms with Crippen LogP contribution in [0.4, 0.5) is 10.8 Å². The molecule has 2 amide bonds. The number of nitrogens with zero attached hydrogens (tertiary/aromatic N) is 1. The molecule has 1 atom stereocenters. The summed E-state index contributed by atoms with van der Waals surface area (Å²) in [5.41, 5.74) is 1.53. The molecule has 21 heavy (non-hydrogen) atoms. The summed E-state index contributed by atoms with van der Waals surface area (Å²) >= 11 is 1.38. The Morgan fingerprint density at radius 3 is 2.95 bits per heavy atom. The third-order valence-electron chi connectivity index (χ3n) is 3.24. The molecule has 1 unspecified atom stereocenters. The van der Waals surface area contributed by atoms with Gasteiger partial charge >= 0.3 is 0 Å². The highest BCUT2D eigenvalue weighted by Crippen LogP contribution is 2.28. The van der Waals surface area contributed by atoms with Gasteiger partial charge in [-0.3, -0.25) is 9.59 Å². The number of rotatable bonds is 3. The fourth-order valence-corrected chi connectivity index (χ4v) is 3.14. The molecular formula is C14H15N3O3S. The largest absolute Gasteiger partial charge is 0.381 e. The number of ether oxygens (including phenoxy) is 1. The zero-order chi connectivity index (χ0) is 14.8. The number of carbonyl (C=O) groups is 2. The summed E-state index contributed by atoms with van der Waals surface area (Å²) < 4.78 is 6.13. The molecule has 1 aliphatic rings. The topological polar surface area (TPSA) is 80.3 Å². The van der Waals surface area contributed by atoms with Gasteiger partial charge in [-0.15, -0.1) is 0 Å². The molecular weight excluding hydrogens is 290 g/mol. The van der Waals surface area contributed by atoms with Crippen molar-refractivity contribution in [3.8, 4) is 0 Å². The first-order valence-electron chi connectivity index (χ1n) is 6.68. The Morgan fingerprint density at radius 1 is 1.38 bits per heavy atom. The molecule has 1 aromatic carbocycles. The number of nitrogens with one attached hydrogen (secondary N) is 2. The second kappa shape index (κ2) is 5.79. The molecule has 0 bridgehead atoms.